The number of hydrogen-bond acceptors (Lipinski definition) is 4. The molecule has 2 heterocycles. The Morgan fingerprint density at radius 1 is 1.16 bits per heavy atom. The van der Waals surface area contributed by atoms with Gasteiger partial charge in [0, 0.05) is 18.2 Å². The number of nitriles is 1. The summed E-state index contributed by atoms with van der Waals surface area (Å²) in [5.41, 5.74) is 5.55. The molecule has 1 amide bonds. The van der Waals surface area contributed by atoms with Gasteiger partial charge in [-0.3, -0.25) is 9.69 Å². The largest absolute Gasteiger partial charge is 0.379 e. The van der Waals surface area contributed by atoms with Crippen LogP contribution in [0.1, 0.15) is 23.1 Å². The monoisotopic (exact) mass is 421 g/mol. The summed E-state index contributed by atoms with van der Waals surface area (Å²) >= 11 is 0. The summed E-state index contributed by atoms with van der Waals surface area (Å²) in [6.45, 7) is 4.69. The van der Waals surface area contributed by atoms with Gasteiger partial charge in [0.2, 0.25) is 0 Å². The average molecular weight is 422 g/mol. The maximum Gasteiger partial charge on any atom is 0.293 e. The first-order valence-corrected chi connectivity index (χ1v) is 11.1. The van der Waals surface area contributed by atoms with Gasteiger partial charge in [0.25, 0.3) is 11.7 Å². The van der Waals surface area contributed by atoms with Crippen LogP contribution in [0, 0.1) is 11.3 Å². The Balaban J connectivity index is 1.53. The minimum atomic E-state index is 0.166. The van der Waals surface area contributed by atoms with Crippen LogP contribution in [0.15, 0.2) is 30.3 Å². The molecule has 1 aromatic heterocycles. The minimum absolute atomic E-state index is 0.166. The molecule has 3 N–H and O–H groups in total. The highest BCUT2D eigenvalue weighted by molar-refractivity contribution is 5.77. The number of hydrogen-bond donors (Lipinski definition) is 1. The number of aromatic nitrogens is 1. The Labute approximate surface area is 183 Å². The van der Waals surface area contributed by atoms with Crippen molar-refractivity contribution in [3.63, 3.8) is 0 Å². The molecular formula is C24H31N5O2+2. The van der Waals surface area contributed by atoms with Crippen LogP contribution < -0.4 is 15.2 Å². The second-order valence-corrected chi connectivity index (χ2v) is 8.15. The summed E-state index contributed by atoms with van der Waals surface area (Å²) in [5, 5.41) is 12.0. The maximum atomic E-state index is 12.5. The molecule has 162 valence electrons. The fourth-order valence-electron chi connectivity index (χ4n) is 4.64. The molecule has 0 spiro atoms. The smallest absolute Gasteiger partial charge is 0.293 e. The van der Waals surface area contributed by atoms with Crippen molar-refractivity contribution in [2.75, 3.05) is 57.9 Å². The van der Waals surface area contributed by atoms with Crippen LogP contribution in [0.3, 0.4) is 0 Å². The number of nitrogens with zero attached hydrogens (tertiary/aromatic N) is 3. The third-order valence-electron chi connectivity index (χ3n) is 6.27. The number of rotatable bonds is 7. The third kappa shape index (κ3) is 4.55. The Morgan fingerprint density at radius 3 is 2.61 bits per heavy atom. The number of methoxy groups -OCH3 is 1. The Kier molecular flexibility index (Phi) is 6.80. The van der Waals surface area contributed by atoms with Crippen molar-refractivity contribution >= 4 is 11.7 Å². The summed E-state index contributed by atoms with van der Waals surface area (Å²) in [5.74, 6) is 1.07. The highest BCUT2D eigenvalue weighted by atomic mass is 16.5. The van der Waals surface area contributed by atoms with Crippen LogP contribution in [0.5, 0.6) is 0 Å². The SMILES string of the molecule is COCC[NH2+]CC(=O)N1CCN(c2[nH+]c(-c3ccccc3)c3c(c2C#N)CCC3)CC1. The lowest BCUT2D eigenvalue weighted by Gasteiger charge is -2.31. The van der Waals surface area contributed by atoms with E-state index in [1.165, 1.54) is 11.1 Å². The lowest BCUT2D eigenvalue weighted by molar-refractivity contribution is -0.646. The number of pyridine rings is 1. The molecule has 1 fully saturated rings. The van der Waals surface area contributed by atoms with Crippen molar-refractivity contribution in [1.82, 2.24) is 4.90 Å². The Bertz CT molecular complexity index is 962. The van der Waals surface area contributed by atoms with E-state index in [1.807, 2.05) is 16.3 Å². The molecule has 4 rings (SSSR count). The lowest BCUT2D eigenvalue weighted by Crippen LogP contribution is -2.87. The van der Waals surface area contributed by atoms with Crippen LogP contribution >= 0.6 is 0 Å². The third-order valence-corrected chi connectivity index (χ3v) is 6.27. The van der Waals surface area contributed by atoms with Gasteiger partial charge >= 0.3 is 0 Å². The molecular weight excluding hydrogens is 390 g/mol. The van der Waals surface area contributed by atoms with Crippen LogP contribution in [-0.4, -0.2) is 63.8 Å². The van der Waals surface area contributed by atoms with Gasteiger partial charge in [-0.15, -0.1) is 0 Å². The van der Waals surface area contributed by atoms with Gasteiger partial charge in [-0.05, 0) is 24.8 Å². The number of H-pyrrole nitrogens is 1. The van der Waals surface area contributed by atoms with Crippen LogP contribution in [-0.2, 0) is 22.4 Å². The van der Waals surface area contributed by atoms with E-state index in [9.17, 15) is 10.1 Å². The molecule has 31 heavy (non-hydrogen) atoms. The Hall–Kier alpha value is -2.95. The summed E-state index contributed by atoms with van der Waals surface area (Å²) in [7, 11) is 1.67. The molecule has 2 aliphatic rings. The molecule has 7 nitrogen and oxygen atoms in total. The second-order valence-electron chi connectivity index (χ2n) is 8.15. The number of carbonyl (C=O) groups excluding carboxylic acids is 1. The first kappa shape index (κ1) is 21.3. The summed E-state index contributed by atoms with van der Waals surface area (Å²) in [4.78, 5) is 20.3. The molecule has 0 radical (unpaired) electrons. The number of quaternary nitrogens is 1. The van der Waals surface area contributed by atoms with Gasteiger partial charge in [-0.2, -0.15) is 5.26 Å². The molecule has 7 heteroatoms. The number of carbonyl (C=O) groups is 1. The number of ether oxygens (including phenoxy) is 1. The number of aromatic amines is 1. The van der Waals surface area contributed by atoms with Gasteiger partial charge in [0.1, 0.15) is 30.4 Å². The van der Waals surface area contributed by atoms with Gasteiger partial charge in [-0.25, -0.2) is 4.98 Å². The van der Waals surface area contributed by atoms with Crippen LogP contribution in [0.4, 0.5) is 5.82 Å². The lowest BCUT2D eigenvalue weighted by atomic mass is 9.98. The van der Waals surface area contributed by atoms with Crippen molar-refractivity contribution in [3.05, 3.63) is 47.0 Å². The average Bonchev–Trinajstić information content (AvgIpc) is 3.31. The van der Waals surface area contributed by atoms with Crippen LogP contribution in [0.2, 0.25) is 0 Å². The highest BCUT2D eigenvalue weighted by Gasteiger charge is 2.33. The molecule has 0 unspecified atom stereocenters. The number of piperazine rings is 1. The quantitative estimate of drug-likeness (QED) is 0.655. The van der Waals surface area contributed by atoms with E-state index in [-0.39, 0.29) is 5.91 Å². The van der Waals surface area contributed by atoms with E-state index in [4.69, 9.17) is 4.74 Å². The van der Waals surface area contributed by atoms with Gasteiger partial charge in [0.15, 0.2) is 6.54 Å². The molecule has 1 aliphatic carbocycles. The van der Waals surface area contributed by atoms with Gasteiger partial charge in [-0.1, -0.05) is 30.3 Å². The summed E-state index contributed by atoms with van der Waals surface area (Å²) < 4.78 is 5.03. The number of nitrogens with one attached hydrogen (secondary N) is 1. The number of benzene rings is 1. The zero-order valence-electron chi connectivity index (χ0n) is 18.2. The second kappa shape index (κ2) is 9.90. The molecule has 1 aliphatic heterocycles. The predicted molar refractivity (Wildman–Crippen MR) is 118 cm³/mol. The van der Waals surface area contributed by atoms with Gasteiger partial charge in [0.05, 0.1) is 26.2 Å². The number of nitrogens with two attached hydrogens (primary N) is 1. The van der Waals surface area contributed by atoms with E-state index in [0.717, 1.165) is 61.5 Å². The molecule has 0 saturated carbocycles. The summed E-state index contributed by atoms with van der Waals surface area (Å²) in [6, 6.07) is 12.8. The van der Waals surface area contributed by atoms with E-state index < -0.39 is 0 Å². The van der Waals surface area contributed by atoms with Crippen molar-refractivity contribution in [3.8, 4) is 17.3 Å². The van der Waals surface area contributed by atoms with Crippen molar-refractivity contribution in [2.24, 2.45) is 0 Å². The minimum Gasteiger partial charge on any atom is -0.379 e. The molecule has 1 saturated heterocycles. The zero-order chi connectivity index (χ0) is 21.6. The standard InChI is InChI=1S/C24H29N5O2/c1-31-15-10-26-17-22(30)28-11-13-29(14-12-28)24-21(16-25)19-8-5-9-20(19)23(27-24)18-6-3-2-4-7-18/h2-4,6-7,26H,5,8-15,17H2,1H3/p+2. The number of anilines is 1. The zero-order valence-corrected chi connectivity index (χ0v) is 18.2. The first-order chi connectivity index (χ1) is 15.2. The maximum absolute atomic E-state index is 12.5. The molecule has 0 atom stereocenters. The predicted octanol–water partition coefficient (Wildman–Crippen LogP) is 0.386. The first-order valence-electron chi connectivity index (χ1n) is 11.1. The fraction of sp³-hybridized carbons (Fsp3) is 0.458. The molecule has 1 aromatic carbocycles. The van der Waals surface area contributed by atoms with E-state index in [1.54, 1.807) is 7.11 Å². The Morgan fingerprint density at radius 2 is 1.90 bits per heavy atom. The van der Waals surface area contributed by atoms with Crippen molar-refractivity contribution in [1.29, 1.82) is 5.26 Å². The van der Waals surface area contributed by atoms with Crippen LogP contribution in [0.25, 0.3) is 11.3 Å². The fourth-order valence-corrected chi connectivity index (χ4v) is 4.64. The van der Waals surface area contributed by atoms with Crippen molar-refractivity contribution < 1.29 is 19.8 Å². The molecule has 0 bridgehead atoms. The van der Waals surface area contributed by atoms with Crippen molar-refractivity contribution in [2.45, 2.75) is 19.3 Å². The number of fused-ring (bicyclic) bond motifs is 1. The summed E-state index contributed by atoms with van der Waals surface area (Å²) in [6.07, 6.45) is 3.05. The van der Waals surface area contributed by atoms with E-state index in [2.05, 4.69) is 40.2 Å². The topological polar surface area (TPSA) is 87.3 Å². The normalized spacial score (nSPS) is 15.6. The van der Waals surface area contributed by atoms with Gasteiger partial charge < -0.3 is 15.0 Å². The van der Waals surface area contributed by atoms with E-state index in [0.29, 0.717) is 26.2 Å². The highest BCUT2D eigenvalue weighted by Crippen LogP contribution is 2.35. The van der Waals surface area contributed by atoms with E-state index >= 15 is 0 Å². The molecule has 2 aromatic rings. The number of amides is 1.